The molecule has 6 heteroatoms. The smallest absolute Gasteiger partial charge is 0.170 e. The SMILES string of the molecule is CN(C)CC1CCCN1Cc1ccc(C(N)=NO)cc1F. The van der Waals surface area contributed by atoms with Crippen LogP contribution < -0.4 is 5.73 Å². The number of amidine groups is 1. The molecule has 1 aliphatic rings. The van der Waals surface area contributed by atoms with Crippen LogP contribution in [0.2, 0.25) is 0 Å². The van der Waals surface area contributed by atoms with E-state index in [-0.39, 0.29) is 11.7 Å². The predicted octanol–water partition coefficient (Wildman–Crippen LogP) is 1.45. The highest BCUT2D eigenvalue weighted by molar-refractivity contribution is 5.97. The molecular formula is C15H23FN4O. The topological polar surface area (TPSA) is 65.1 Å². The van der Waals surface area contributed by atoms with Crippen LogP contribution >= 0.6 is 0 Å². The van der Waals surface area contributed by atoms with E-state index < -0.39 is 0 Å². The normalized spacial score (nSPS) is 20.4. The number of hydrogen-bond acceptors (Lipinski definition) is 4. The van der Waals surface area contributed by atoms with Gasteiger partial charge < -0.3 is 15.8 Å². The van der Waals surface area contributed by atoms with Gasteiger partial charge in [-0.2, -0.15) is 0 Å². The molecule has 0 spiro atoms. The van der Waals surface area contributed by atoms with Crippen LogP contribution in [0.4, 0.5) is 4.39 Å². The molecule has 0 amide bonds. The van der Waals surface area contributed by atoms with E-state index in [9.17, 15) is 4.39 Å². The quantitative estimate of drug-likeness (QED) is 0.373. The van der Waals surface area contributed by atoms with E-state index in [4.69, 9.17) is 10.9 Å². The number of likely N-dealkylation sites (N-methyl/N-ethyl adjacent to an activating group) is 1. The maximum Gasteiger partial charge on any atom is 0.170 e. The molecule has 1 atom stereocenters. The van der Waals surface area contributed by atoms with Crippen molar-refractivity contribution in [2.24, 2.45) is 10.9 Å². The molecular weight excluding hydrogens is 271 g/mol. The minimum Gasteiger partial charge on any atom is -0.409 e. The molecule has 1 aromatic rings. The first-order valence-corrected chi connectivity index (χ1v) is 7.16. The van der Waals surface area contributed by atoms with Crippen molar-refractivity contribution in [3.63, 3.8) is 0 Å². The van der Waals surface area contributed by atoms with Crippen molar-refractivity contribution in [3.05, 3.63) is 35.1 Å². The number of likely N-dealkylation sites (tertiary alicyclic amines) is 1. The van der Waals surface area contributed by atoms with Gasteiger partial charge in [0.25, 0.3) is 0 Å². The highest BCUT2D eigenvalue weighted by atomic mass is 19.1. The molecule has 1 aromatic carbocycles. The van der Waals surface area contributed by atoms with Gasteiger partial charge in [0.2, 0.25) is 0 Å². The van der Waals surface area contributed by atoms with Crippen LogP contribution in [0.25, 0.3) is 0 Å². The first kappa shape index (κ1) is 15.7. The number of nitrogens with zero attached hydrogens (tertiary/aromatic N) is 3. The van der Waals surface area contributed by atoms with Crippen molar-refractivity contribution < 1.29 is 9.60 Å². The molecule has 1 aliphatic heterocycles. The zero-order chi connectivity index (χ0) is 15.4. The molecule has 0 aromatic heterocycles. The van der Waals surface area contributed by atoms with E-state index in [1.807, 2.05) is 0 Å². The van der Waals surface area contributed by atoms with E-state index in [0.29, 0.717) is 23.7 Å². The van der Waals surface area contributed by atoms with E-state index in [1.165, 1.54) is 6.07 Å². The number of oxime groups is 1. The van der Waals surface area contributed by atoms with Crippen molar-refractivity contribution in [2.45, 2.75) is 25.4 Å². The monoisotopic (exact) mass is 294 g/mol. The van der Waals surface area contributed by atoms with Crippen LogP contribution in [-0.2, 0) is 6.54 Å². The molecule has 116 valence electrons. The third kappa shape index (κ3) is 3.92. The van der Waals surface area contributed by atoms with Crippen molar-refractivity contribution in [1.82, 2.24) is 9.80 Å². The summed E-state index contributed by atoms with van der Waals surface area (Å²) in [4.78, 5) is 4.49. The number of hydrogen-bond donors (Lipinski definition) is 2. The van der Waals surface area contributed by atoms with Gasteiger partial charge in [0.05, 0.1) is 0 Å². The Morgan fingerprint density at radius 1 is 1.52 bits per heavy atom. The summed E-state index contributed by atoms with van der Waals surface area (Å²) in [6.07, 6.45) is 2.31. The van der Waals surface area contributed by atoms with Crippen LogP contribution in [0, 0.1) is 5.82 Å². The second kappa shape index (κ2) is 6.87. The van der Waals surface area contributed by atoms with Gasteiger partial charge in [0.1, 0.15) is 5.82 Å². The molecule has 1 saturated heterocycles. The zero-order valence-corrected chi connectivity index (χ0v) is 12.6. The third-order valence-electron chi connectivity index (χ3n) is 3.90. The number of halogens is 1. The zero-order valence-electron chi connectivity index (χ0n) is 12.6. The van der Waals surface area contributed by atoms with E-state index in [2.05, 4.69) is 29.1 Å². The van der Waals surface area contributed by atoms with Crippen LogP contribution in [0.3, 0.4) is 0 Å². The molecule has 21 heavy (non-hydrogen) atoms. The standard InChI is InChI=1S/C15H23FN4O/c1-19(2)10-13-4-3-7-20(13)9-12-6-5-11(8-14(12)16)15(17)18-21/h5-6,8,13,21H,3-4,7,9-10H2,1-2H3,(H2,17,18). The van der Waals surface area contributed by atoms with Gasteiger partial charge >= 0.3 is 0 Å². The van der Waals surface area contributed by atoms with Crippen LogP contribution in [0.15, 0.2) is 23.4 Å². The molecule has 1 unspecified atom stereocenters. The Morgan fingerprint density at radius 3 is 2.90 bits per heavy atom. The van der Waals surface area contributed by atoms with Gasteiger partial charge in [-0.05, 0) is 39.5 Å². The van der Waals surface area contributed by atoms with Crippen molar-refractivity contribution >= 4 is 5.84 Å². The largest absolute Gasteiger partial charge is 0.409 e. The van der Waals surface area contributed by atoms with Gasteiger partial charge in [-0.25, -0.2) is 4.39 Å². The van der Waals surface area contributed by atoms with Gasteiger partial charge in [0.15, 0.2) is 5.84 Å². The third-order valence-corrected chi connectivity index (χ3v) is 3.90. The lowest BCUT2D eigenvalue weighted by atomic mass is 10.1. The molecule has 3 N–H and O–H groups in total. The Bertz CT molecular complexity index is 518. The second-order valence-corrected chi connectivity index (χ2v) is 5.82. The summed E-state index contributed by atoms with van der Waals surface area (Å²) in [5, 5.41) is 11.5. The summed E-state index contributed by atoms with van der Waals surface area (Å²) in [7, 11) is 4.12. The van der Waals surface area contributed by atoms with E-state index in [1.54, 1.807) is 12.1 Å². The molecule has 1 fully saturated rings. The summed E-state index contributed by atoms with van der Waals surface area (Å²) in [6.45, 7) is 2.59. The highest BCUT2D eigenvalue weighted by Gasteiger charge is 2.25. The van der Waals surface area contributed by atoms with E-state index in [0.717, 1.165) is 25.9 Å². The summed E-state index contributed by atoms with van der Waals surface area (Å²) in [5.74, 6) is -0.387. The first-order chi connectivity index (χ1) is 10.0. The van der Waals surface area contributed by atoms with Crippen LogP contribution in [-0.4, -0.2) is 54.1 Å². The lowest BCUT2D eigenvalue weighted by Crippen LogP contribution is -2.37. The fourth-order valence-electron chi connectivity index (χ4n) is 2.84. The molecule has 0 bridgehead atoms. The molecule has 0 radical (unpaired) electrons. The van der Waals surface area contributed by atoms with Crippen molar-refractivity contribution in [1.29, 1.82) is 0 Å². The van der Waals surface area contributed by atoms with Crippen molar-refractivity contribution in [3.8, 4) is 0 Å². The maximum atomic E-state index is 14.2. The predicted molar refractivity (Wildman–Crippen MR) is 80.9 cm³/mol. The fourth-order valence-corrected chi connectivity index (χ4v) is 2.84. The van der Waals surface area contributed by atoms with Crippen LogP contribution in [0.1, 0.15) is 24.0 Å². The Morgan fingerprint density at radius 2 is 2.29 bits per heavy atom. The van der Waals surface area contributed by atoms with Crippen LogP contribution in [0.5, 0.6) is 0 Å². The Labute approximate surface area is 124 Å². The van der Waals surface area contributed by atoms with Gasteiger partial charge in [-0.3, -0.25) is 4.90 Å². The highest BCUT2D eigenvalue weighted by Crippen LogP contribution is 2.22. The number of nitrogens with two attached hydrogens (primary N) is 1. The Kier molecular flexibility index (Phi) is 5.14. The van der Waals surface area contributed by atoms with Gasteiger partial charge in [-0.15, -0.1) is 0 Å². The van der Waals surface area contributed by atoms with Gasteiger partial charge in [-0.1, -0.05) is 17.3 Å². The Balaban J connectivity index is 2.09. The first-order valence-electron chi connectivity index (χ1n) is 7.16. The minimum atomic E-state index is -0.311. The Hall–Kier alpha value is -1.66. The van der Waals surface area contributed by atoms with Crippen molar-refractivity contribution in [2.75, 3.05) is 27.2 Å². The van der Waals surface area contributed by atoms with Gasteiger partial charge in [0, 0.05) is 30.3 Å². The minimum absolute atomic E-state index is 0.0768. The molecule has 5 nitrogen and oxygen atoms in total. The molecule has 0 saturated carbocycles. The summed E-state index contributed by atoms with van der Waals surface area (Å²) in [6, 6.07) is 5.20. The lowest BCUT2D eigenvalue weighted by Gasteiger charge is -2.27. The lowest BCUT2D eigenvalue weighted by molar-refractivity contribution is 0.199. The maximum absolute atomic E-state index is 14.2. The molecule has 1 heterocycles. The summed E-state index contributed by atoms with van der Waals surface area (Å²) in [5.41, 5.74) is 6.51. The summed E-state index contributed by atoms with van der Waals surface area (Å²) < 4.78 is 14.2. The van der Waals surface area contributed by atoms with E-state index >= 15 is 0 Å². The number of rotatable bonds is 5. The number of benzene rings is 1. The molecule has 2 rings (SSSR count). The summed E-state index contributed by atoms with van der Waals surface area (Å²) >= 11 is 0. The fraction of sp³-hybridized carbons (Fsp3) is 0.533. The second-order valence-electron chi connectivity index (χ2n) is 5.82. The average molecular weight is 294 g/mol. The molecule has 0 aliphatic carbocycles. The average Bonchev–Trinajstić information content (AvgIpc) is 2.86.